The van der Waals surface area contributed by atoms with Crippen LogP contribution in [0.5, 0.6) is 0 Å². The van der Waals surface area contributed by atoms with Crippen molar-refractivity contribution in [2.75, 3.05) is 42.5 Å². The van der Waals surface area contributed by atoms with E-state index in [9.17, 15) is 4.79 Å². The minimum absolute atomic E-state index is 0.0316. The summed E-state index contributed by atoms with van der Waals surface area (Å²) in [5, 5.41) is 0. The standard InChI is InChI=1S/C23H25N5O/c1-2-28(20-8-4-3-5-9-20)21-16-19(17-24-18-21)23(29)27-14-12-26(13-15-27)22-10-6-7-11-25-22/h3-11,16-18H,2,12-15H2,1H3. The van der Waals surface area contributed by atoms with E-state index in [0.717, 1.165) is 36.8 Å². The number of piperazine rings is 1. The molecule has 0 bridgehead atoms. The van der Waals surface area contributed by atoms with Crippen LogP contribution in [0.4, 0.5) is 17.2 Å². The molecule has 2 aromatic heterocycles. The monoisotopic (exact) mass is 387 g/mol. The first-order valence-corrected chi connectivity index (χ1v) is 9.99. The summed E-state index contributed by atoms with van der Waals surface area (Å²) in [4.78, 5) is 28.1. The second-order valence-corrected chi connectivity index (χ2v) is 6.98. The topological polar surface area (TPSA) is 52.6 Å². The van der Waals surface area contributed by atoms with Crippen LogP contribution >= 0.6 is 0 Å². The van der Waals surface area contributed by atoms with E-state index in [1.165, 1.54) is 0 Å². The number of hydrogen-bond donors (Lipinski definition) is 0. The van der Waals surface area contributed by atoms with Crippen molar-refractivity contribution < 1.29 is 4.79 Å². The van der Waals surface area contributed by atoms with Crippen LogP contribution in [0.3, 0.4) is 0 Å². The highest BCUT2D eigenvalue weighted by molar-refractivity contribution is 5.95. The van der Waals surface area contributed by atoms with Crippen LogP contribution in [-0.4, -0.2) is 53.5 Å². The van der Waals surface area contributed by atoms with Gasteiger partial charge in [-0.1, -0.05) is 24.3 Å². The van der Waals surface area contributed by atoms with Gasteiger partial charge in [0.05, 0.1) is 17.4 Å². The van der Waals surface area contributed by atoms with E-state index < -0.39 is 0 Å². The molecule has 0 N–H and O–H groups in total. The van der Waals surface area contributed by atoms with Gasteiger partial charge in [-0.15, -0.1) is 0 Å². The summed E-state index contributed by atoms with van der Waals surface area (Å²) < 4.78 is 0. The van der Waals surface area contributed by atoms with Crippen molar-refractivity contribution in [3.8, 4) is 0 Å². The molecule has 6 nitrogen and oxygen atoms in total. The summed E-state index contributed by atoms with van der Waals surface area (Å²) in [6, 6.07) is 18.0. The Morgan fingerprint density at radius 3 is 2.41 bits per heavy atom. The Morgan fingerprint density at radius 1 is 0.966 bits per heavy atom. The quantitative estimate of drug-likeness (QED) is 0.670. The molecule has 6 heteroatoms. The first-order chi connectivity index (χ1) is 14.3. The Balaban J connectivity index is 1.46. The number of rotatable bonds is 5. The average Bonchev–Trinajstić information content (AvgIpc) is 2.81. The van der Waals surface area contributed by atoms with Crippen LogP contribution in [0, 0.1) is 0 Å². The number of anilines is 3. The number of aromatic nitrogens is 2. The first-order valence-electron chi connectivity index (χ1n) is 9.99. The number of pyridine rings is 2. The van der Waals surface area contributed by atoms with Crippen LogP contribution in [0.2, 0.25) is 0 Å². The minimum Gasteiger partial charge on any atom is -0.353 e. The van der Waals surface area contributed by atoms with Gasteiger partial charge in [-0.05, 0) is 37.3 Å². The lowest BCUT2D eigenvalue weighted by atomic mass is 10.2. The Kier molecular flexibility index (Phi) is 5.70. The van der Waals surface area contributed by atoms with Gasteiger partial charge in [-0.2, -0.15) is 0 Å². The normalized spacial score (nSPS) is 14.0. The molecule has 1 saturated heterocycles. The van der Waals surface area contributed by atoms with Gasteiger partial charge in [0, 0.05) is 50.8 Å². The molecule has 0 aliphatic carbocycles. The Bertz CT molecular complexity index is 940. The largest absolute Gasteiger partial charge is 0.353 e. The molecule has 1 aromatic carbocycles. The average molecular weight is 387 g/mol. The fraction of sp³-hybridized carbons (Fsp3) is 0.261. The lowest BCUT2D eigenvalue weighted by molar-refractivity contribution is 0.0746. The number of amides is 1. The van der Waals surface area contributed by atoms with E-state index in [1.807, 2.05) is 53.6 Å². The molecule has 1 aliphatic heterocycles. The number of para-hydroxylation sites is 1. The summed E-state index contributed by atoms with van der Waals surface area (Å²) >= 11 is 0. The lowest BCUT2D eigenvalue weighted by Crippen LogP contribution is -2.49. The van der Waals surface area contributed by atoms with Gasteiger partial charge < -0.3 is 14.7 Å². The van der Waals surface area contributed by atoms with Crippen molar-refractivity contribution in [3.63, 3.8) is 0 Å². The smallest absolute Gasteiger partial charge is 0.255 e. The minimum atomic E-state index is 0.0316. The molecule has 4 rings (SSSR count). The van der Waals surface area contributed by atoms with Crippen molar-refractivity contribution >= 4 is 23.1 Å². The zero-order valence-electron chi connectivity index (χ0n) is 16.6. The van der Waals surface area contributed by atoms with E-state index in [0.29, 0.717) is 18.7 Å². The van der Waals surface area contributed by atoms with Gasteiger partial charge >= 0.3 is 0 Å². The summed E-state index contributed by atoms with van der Waals surface area (Å²) in [6.45, 7) is 5.80. The van der Waals surface area contributed by atoms with Crippen molar-refractivity contribution in [1.82, 2.24) is 14.9 Å². The Hall–Kier alpha value is -3.41. The molecule has 0 spiro atoms. The molecule has 148 valence electrons. The molecular formula is C23H25N5O. The van der Waals surface area contributed by atoms with Crippen LogP contribution in [0.1, 0.15) is 17.3 Å². The van der Waals surface area contributed by atoms with Crippen molar-refractivity contribution in [3.05, 3.63) is 78.8 Å². The van der Waals surface area contributed by atoms with Gasteiger partial charge in [0.15, 0.2) is 0 Å². The summed E-state index contributed by atoms with van der Waals surface area (Å²) in [7, 11) is 0. The summed E-state index contributed by atoms with van der Waals surface area (Å²) in [5.74, 6) is 0.994. The van der Waals surface area contributed by atoms with Gasteiger partial charge in [0.25, 0.3) is 5.91 Å². The Labute approximate surface area is 171 Å². The van der Waals surface area contributed by atoms with Crippen LogP contribution < -0.4 is 9.80 Å². The van der Waals surface area contributed by atoms with E-state index in [4.69, 9.17) is 0 Å². The predicted molar refractivity (Wildman–Crippen MR) is 116 cm³/mol. The third-order valence-corrected chi connectivity index (χ3v) is 5.21. The summed E-state index contributed by atoms with van der Waals surface area (Å²) in [6.07, 6.45) is 5.28. The molecule has 0 saturated carbocycles. The van der Waals surface area contributed by atoms with Crippen molar-refractivity contribution in [2.45, 2.75) is 6.92 Å². The van der Waals surface area contributed by atoms with E-state index in [1.54, 1.807) is 12.4 Å². The zero-order chi connectivity index (χ0) is 20.1. The van der Waals surface area contributed by atoms with Crippen LogP contribution in [-0.2, 0) is 0 Å². The zero-order valence-corrected chi connectivity index (χ0v) is 16.6. The predicted octanol–water partition coefficient (Wildman–Crippen LogP) is 3.60. The Morgan fingerprint density at radius 2 is 1.72 bits per heavy atom. The lowest BCUT2D eigenvalue weighted by Gasteiger charge is -2.35. The highest BCUT2D eigenvalue weighted by atomic mass is 16.2. The third kappa shape index (κ3) is 4.21. The molecule has 29 heavy (non-hydrogen) atoms. The highest BCUT2D eigenvalue weighted by Gasteiger charge is 2.23. The molecule has 1 fully saturated rings. The van der Waals surface area contributed by atoms with E-state index in [-0.39, 0.29) is 5.91 Å². The summed E-state index contributed by atoms with van der Waals surface area (Å²) in [5.41, 5.74) is 2.64. The number of carbonyl (C=O) groups is 1. The molecule has 0 radical (unpaired) electrons. The van der Waals surface area contributed by atoms with Crippen LogP contribution in [0.15, 0.2) is 73.2 Å². The highest BCUT2D eigenvalue weighted by Crippen LogP contribution is 2.25. The molecule has 0 atom stereocenters. The maximum Gasteiger partial charge on any atom is 0.255 e. The van der Waals surface area contributed by atoms with Gasteiger partial charge in [0.2, 0.25) is 0 Å². The molecule has 3 heterocycles. The SMILES string of the molecule is CCN(c1ccccc1)c1cncc(C(=O)N2CCN(c3ccccn3)CC2)c1. The van der Waals surface area contributed by atoms with Gasteiger partial charge in [0.1, 0.15) is 5.82 Å². The maximum absolute atomic E-state index is 13.1. The van der Waals surface area contributed by atoms with Gasteiger partial charge in [-0.25, -0.2) is 4.98 Å². The van der Waals surface area contributed by atoms with Gasteiger partial charge in [-0.3, -0.25) is 9.78 Å². The van der Waals surface area contributed by atoms with E-state index in [2.05, 4.69) is 38.8 Å². The third-order valence-electron chi connectivity index (χ3n) is 5.21. The fourth-order valence-corrected chi connectivity index (χ4v) is 3.68. The van der Waals surface area contributed by atoms with Crippen LogP contribution in [0.25, 0.3) is 0 Å². The molecule has 0 unspecified atom stereocenters. The first kappa shape index (κ1) is 18.9. The van der Waals surface area contributed by atoms with Crippen molar-refractivity contribution in [1.29, 1.82) is 0 Å². The number of nitrogens with zero attached hydrogens (tertiary/aromatic N) is 5. The molecular weight excluding hydrogens is 362 g/mol. The maximum atomic E-state index is 13.1. The number of carbonyl (C=O) groups excluding carboxylic acids is 1. The number of benzene rings is 1. The fourth-order valence-electron chi connectivity index (χ4n) is 3.68. The van der Waals surface area contributed by atoms with E-state index >= 15 is 0 Å². The second-order valence-electron chi connectivity index (χ2n) is 6.98. The second kappa shape index (κ2) is 8.73. The molecule has 1 amide bonds. The molecule has 1 aliphatic rings. The van der Waals surface area contributed by atoms with Crippen molar-refractivity contribution in [2.24, 2.45) is 0 Å². The molecule has 3 aromatic rings. The number of hydrogen-bond acceptors (Lipinski definition) is 5.